The van der Waals surface area contributed by atoms with Crippen LogP contribution < -0.4 is 15.0 Å². The summed E-state index contributed by atoms with van der Waals surface area (Å²) in [5.74, 6) is 1.11. The molecule has 3 aromatic rings. The molecule has 0 bridgehead atoms. The van der Waals surface area contributed by atoms with Gasteiger partial charge in [0.2, 0.25) is 0 Å². The number of aryl methyl sites for hydroxylation is 1. The highest BCUT2D eigenvalue weighted by Gasteiger charge is 2.28. The van der Waals surface area contributed by atoms with E-state index in [9.17, 15) is 12.8 Å². The van der Waals surface area contributed by atoms with E-state index in [1.165, 1.54) is 7.11 Å². The predicted molar refractivity (Wildman–Crippen MR) is 124 cm³/mol. The molecule has 0 spiro atoms. The number of nitrogens with one attached hydrogen (secondary N) is 1. The number of alkyl halides is 1. The second kappa shape index (κ2) is 8.53. The Hall–Kier alpha value is -2.79. The minimum absolute atomic E-state index is 0.0859. The Morgan fingerprint density at radius 2 is 1.91 bits per heavy atom. The minimum atomic E-state index is -3.01. The maximum Gasteiger partial charge on any atom is 0.320 e. The number of aromatic nitrogens is 4. The summed E-state index contributed by atoms with van der Waals surface area (Å²) in [7, 11) is -1.52. The first-order chi connectivity index (χ1) is 15.8. The lowest BCUT2D eigenvalue weighted by atomic mass is 9.85. The number of nitrogens with zero attached hydrogens (tertiary/aromatic N) is 5. The number of rotatable bonds is 4. The zero-order valence-electron chi connectivity index (χ0n) is 18.7. The fourth-order valence-corrected chi connectivity index (χ4v) is 5.86. The number of hydrogen-bond acceptors (Lipinski definition) is 8. The van der Waals surface area contributed by atoms with Crippen molar-refractivity contribution in [2.24, 2.45) is 0 Å². The van der Waals surface area contributed by atoms with E-state index in [1.807, 2.05) is 24.0 Å². The fourth-order valence-electron chi connectivity index (χ4n) is 4.66. The number of anilines is 1. The largest absolute Gasteiger partial charge is 0.467 e. The summed E-state index contributed by atoms with van der Waals surface area (Å²) in [4.78, 5) is 10.8. The normalized spacial score (nSPS) is 23.1. The molecule has 0 saturated carbocycles. The molecule has 2 fully saturated rings. The molecule has 11 heteroatoms. The average Bonchev–Trinajstić information content (AvgIpc) is 3.21. The lowest BCUT2D eigenvalue weighted by Gasteiger charge is -2.28. The van der Waals surface area contributed by atoms with Crippen LogP contribution in [0.5, 0.6) is 6.01 Å². The smallest absolute Gasteiger partial charge is 0.320 e. The number of methoxy groups -OCH3 is 1. The van der Waals surface area contributed by atoms with Crippen molar-refractivity contribution in [3.8, 4) is 11.8 Å². The SMILES string of the molecule is COc1nc(N2CCS(=O)(=O)CC2)cc(-n2ncc3cc(C)c(C4CCNCC4F)cc32)n1. The Morgan fingerprint density at radius 1 is 1.15 bits per heavy atom. The van der Waals surface area contributed by atoms with Crippen molar-refractivity contribution in [1.29, 1.82) is 0 Å². The van der Waals surface area contributed by atoms with Gasteiger partial charge in [-0.25, -0.2) is 17.5 Å². The van der Waals surface area contributed by atoms with Crippen molar-refractivity contribution in [3.63, 3.8) is 0 Å². The maximum atomic E-state index is 14.7. The summed E-state index contributed by atoms with van der Waals surface area (Å²) >= 11 is 0. The van der Waals surface area contributed by atoms with Crippen molar-refractivity contribution in [1.82, 2.24) is 25.1 Å². The van der Waals surface area contributed by atoms with Crippen molar-refractivity contribution < 1.29 is 17.5 Å². The van der Waals surface area contributed by atoms with E-state index >= 15 is 0 Å². The lowest BCUT2D eigenvalue weighted by Crippen LogP contribution is -2.40. The third-order valence-electron chi connectivity index (χ3n) is 6.51. The molecule has 5 rings (SSSR count). The van der Waals surface area contributed by atoms with E-state index < -0.39 is 16.0 Å². The molecule has 9 nitrogen and oxygen atoms in total. The van der Waals surface area contributed by atoms with Gasteiger partial charge in [-0.2, -0.15) is 15.1 Å². The van der Waals surface area contributed by atoms with Crippen LogP contribution in [0.3, 0.4) is 0 Å². The van der Waals surface area contributed by atoms with Crippen LogP contribution in [0, 0.1) is 6.92 Å². The standard InChI is InChI=1S/C22H27FN6O3S/c1-14-9-15-12-25-29(19(15)10-17(14)16-3-4-24-13-18(16)23)21-11-20(26-22(27-21)32-2)28-5-7-33(30,31)8-6-28/h9-12,16,18,24H,3-8,13H2,1-2H3. The van der Waals surface area contributed by atoms with Crippen LogP contribution in [-0.4, -0.2) is 79.1 Å². The highest BCUT2D eigenvalue weighted by Crippen LogP contribution is 2.33. The number of sulfone groups is 1. The van der Waals surface area contributed by atoms with E-state index in [4.69, 9.17) is 4.74 Å². The Balaban J connectivity index is 1.56. The van der Waals surface area contributed by atoms with Gasteiger partial charge in [0.15, 0.2) is 15.7 Å². The van der Waals surface area contributed by atoms with Crippen molar-refractivity contribution >= 4 is 26.6 Å². The Bertz CT molecular complexity index is 1280. The molecule has 2 aliphatic heterocycles. The van der Waals surface area contributed by atoms with Crippen LogP contribution in [0.1, 0.15) is 23.5 Å². The highest BCUT2D eigenvalue weighted by molar-refractivity contribution is 7.91. The van der Waals surface area contributed by atoms with Gasteiger partial charge in [-0.15, -0.1) is 0 Å². The van der Waals surface area contributed by atoms with Gasteiger partial charge in [-0.1, -0.05) is 0 Å². The first kappa shape index (κ1) is 22.0. The van der Waals surface area contributed by atoms with E-state index in [1.54, 1.807) is 16.9 Å². The molecule has 0 amide bonds. The minimum Gasteiger partial charge on any atom is -0.467 e. The topological polar surface area (TPSA) is 102 Å². The summed E-state index contributed by atoms with van der Waals surface area (Å²) in [6, 6.07) is 6.02. The number of benzene rings is 1. The zero-order valence-corrected chi connectivity index (χ0v) is 19.5. The van der Waals surface area contributed by atoms with Gasteiger partial charge >= 0.3 is 6.01 Å². The number of fused-ring (bicyclic) bond motifs is 1. The predicted octanol–water partition coefficient (Wildman–Crippen LogP) is 1.78. The van der Waals surface area contributed by atoms with E-state index in [0.29, 0.717) is 31.3 Å². The first-order valence-corrected chi connectivity index (χ1v) is 12.9. The molecule has 2 aliphatic rings. The quantitative estimate of drug-likeness (QED) is 0.611. The molecule has 1 aromatic carbocycles. The van der Waals surface area contributed by atoms with Gasteiger partial charge < -0.3 is 15.0 Å². The molecule has 2 saturated heterocycles. The summed E-state index contributed by atoms with van der Waals surface area (Å²) in [6.45, 7) is 3.88. The van der Waals surface area contributed by atoms with Gasteiger partial charge in [0.1, 0.15) is 12.0 Å². The molecule has 2 aromatic heterocycles. The van der Waals surface area contributed by atoms with Crippen LogP contribution in [0.2, 0.25) is 0 Å². The summed E-state index contributed by atoms with van der Waals surface area (Å²) < 4.78 is 45.4. The number of hydrogen-bond donors (Lipinski definition) is 1. The second-order valence-electron chi connectivity index (χ2n) is 8.65. The lowest BCUT2D eigenvalue weighted by molar-refractivity contribution is 0.231. The summed E-state index contributed by atoms with van der Waals surface area (Å²) in [5, 5.41) is 8.59. The molecule has 33 heavy (non-hydrogen) atoms. The average molecular weight is 475 g/mol. The summed E-state index contributed by atoms with van der Waals surface area (Å²) in [6.07, 6.45) is 1.57. The number of ether oxygens (including phenoxy) is 1. The Labute approximate surface area is 191 Å². The van der Waals surface area contributed by atoms with E-state index in [0.717, 1.165) is 35.0 Å². The third kappa shape index (κ3) is 4.26. The van der Waals surface area contributed by atoms with Crippen LogP contribution in [0.25, 0.3) is 16.7 Å². The van der Waals surface area contributed by atoms with Crippen LogP contribution >= 0.6 is 0 Å². The second-order valence-corrected chi connectivity index (χ2v) is 11.0. The number of halogens is 1. The van der Waals surface area contributed by atoms with Gasteiger partial charge in [-0.05, 0) is 43.1 Å². The Morgan fingerprint density at radius 3 is 2.64 bits per heavy atom. The number of piperidine rings is 1. The molecule has 0 aliphatic carbocycles. The van der Waals surface area contributed by atoms with Crippen molar-refractivity contribution in [2.75, 3.05) is 49.7 Å². The summed E-state index contributed by atoms with van der Waals surface area (Å²) in [5.41, 5.74) is 2.86. The molecule has 1 N–H and O–H groups in total. The van der Waals surface area contributed by atoms with Crippen LogP contribution in [0.4, 0.5) is 10.2 Å². The van der Waals surface area contributed by atoms with Gasteiger partial charge in [-0.3, -0.25) is 0 Å². The third-order valence-corrected chi connectivity index (χ3v) is 8.12. The molecule has 2 unspecified atom stereocenters. The first-order valence-electron chi connectivity index (χ1n) is 11.1. The van der Waals surface area contributed by atoms with Gasteiger partial charge in [0.05, 0.1) is 30.3 Å². The van der Waals surface area contributed by atoms with Gasteiger partial charge in [0, 0.05) is 37.0 Å². The monoisotopic (exact) mass is 474 g/mol. The van der Waals surface area contributed by atoms with E-state index in [-0.39, 0.29) is 23.4 Å². The van der Waals surface area contributed by atoms with Crippen LogP contribution in [-0.2, 0) is 9.84 Å². The zero-order chi connectivity index (χ0) is 23.2. The molecule has 176 valence electrons. The Kier molecular flexibility index (Phi) is 5.69. The fraction of sp³-hybridized carbons (Fsp3) is 0.500. The maximum absolute atomic E-state index is 14.7. The van der Waals surface area contributed by atoms with E-state index in [2.05, 4.69) is 20.4 Å². The van der Waals surface area contributed by atoms with Crippen molar-refractivity contribution in [2.45, 2.75) is 25.4 Å². The molecular formula is C22H27FN6O3S. The molecular weight excluding hydrogens is 447 g/mol. The van der Waals surface area contributed by atoms with Crippen molar-refractivity contribution in [3.05, 3.63) is 35.5 Å². The molecule has 4 heterocycles. The van der Waals surface area contributed by atoms with Gasteiger partial charge in [0.25, 0.3) is 0 Å². The molecule has 0 radical (unpaired) electrons. The molecule has 2 atom stereocenters. The van der Waals surface area contributed by atoms with Crippen LogP contribution in [0.15, 0.2) is 24.4 Å². The highest BCUT2D eigenvalue weighted by atomic mass is 32.2.